The van der Waals surface area contributed by atoms with E-state index in [1.165, 1.54) is 12.5 Å². The largest absolute Gasteiger partial charge is 0.404 e. The molecule has 1 aliphatic heterocycles. The third-order valence-corrected chi connectivity index (χ3v) is 4.88. The van der Waals surface area contributed by atoms with Crippen LogP contribution in [-0.2, 0) is 0 Å². The molecule has 0 radical (unpaired) electrons. The van der Waals surface area contributed by atoms with Crippen molar-refractivity contribution < 1.29 is 5.11 Å². The van der Waals surface area contributed by atoms with E-state index in [0.717, 1.165) is 36.5 Å². The number of aliphatic hydroxyl groups is 1. The fraction of sp³-hybridized carbons (Fsp3) is 0.300. The van der Waals surface area contributed by atoms with E-state index < -0.39 is 0 Å². The smallest absolute Gasteiger partial charge is 0.132 e. The summed E-state index contributed by atoms with van der Waals surface area (Å²) in [6.45, 7) is 1.75. The fourth-order valence-electron chi connectivity index (χ4n) is 3.29. The van der Waals surface area contributed by atoms with Crippen molar-refractivity contribution in [2.24, 2.45) is 16.6 Å². The maximum Gasteiger partial charge on any atom is 0.132 e. The van der Waals surface area contributed by atoms with Gasteiger partial charge >= 0.3 is 0 Å². The molecule has 0 amide bonds. The summed E-state index contributed by atoms with van der Waals surface area (Å²) in [5, 5.41) is 18.0. The molecule has 2 heterocycles. The number of nitrogens with one attached hydrogen (secondary N) is 1. The molecule has 1 aliphatic rings. The van der Waals surface area contributed by atoms with Gasteiger partial charge in [0.05, 0.1) is 11.4 Å². The molecule has 6 N–H and O–H groups in total. The zero-order chi connectivity index (χ0) is 20.1. The summed E-state index contributed by atoms with van der Waals surface area (Å²) < 4.78 is 0. The zero-order valence-corrected chi connectivity index (χ0v) is 15.8. The number of rotatable bonds is 6. The highest BCUT2D eigenvalue weighted by Gasteiger charge is 2.23. The summed E-state index contributed by atoms with van der Waals surface area (Å²) in [6, 6.07) is 7.20. The first-order valence-corrected chi connectivity index (χ1v) is 9.08. The van der Waals surface area contributed by atoms with Crippen LogP contribution in [0.25, 0.3) is 5.57 Å². The lowest BCUT2D eigenvalue weighted by Gasteiger charge is -2.18. The minimum Gasteiger partial charge on any atom is -0.404 e. The van der Waals surface area contributed by atoms with Crippen molar-refractivity contribution in [3.05, 3.63) is 53.6 Å². The molecule has 0 bridgehead atoms. The van der Waals surface area contributed by atoms with E-state index in [4.69, 9.17) is 16.9 Å². The summed E-state index contributed by atoms with van der Waals surface area (Å²) in [5.41, 5.74) is 15.2. The van der Waals surface area contributed by atoms with Gasteiger partial charge in [-0.15, -0.1) is 0 Å². The number of nitrogen functional groups attached to an aromatic ring is 1. The first-order chi connectivity index (χ1) is 13.6. The first-order valence-electron chi connectivity index (χ1n) is 9.08. The number of allylic oxidation sites excluding steroid dienone is 1. The SMILES string of the molecule is CN=CC(=CN)c1ccc(N)c(C(=N)c2cc(N3CC[C@@H](CO)C3)ncn2)c1. The van der Waals surface area contributed by atoms with Crippen LogP contribution >= 0.6 is 0 Å². The third-order valence-electron chi connectivity index (χ3n) is 4.88. The molecule has 1 aromatic heterocycles. The van der Waals surface area contributed by atoms with E-state index in [1.807, 2.05) is 12.1 Å². The highest BCUT2D eigenvalue weighted by atomic mass is 16.3. The Labute approximate surface area is 164 Å². The van der Waals surface area contributed by atoms with Gasteiger partial charge in [0.1, 0.15) is 12.1 Å². The van der Waals surface area contributed by atoms with E-state index in [2.05, 4.69) is 19.9 Å². The molecule has 0 unspecified atom stereocenters. The molecule has 0 spiro atoms. The number of anilines is 2. The maximum atomic E-state index is 9.35. The van der Waals surface area contributed by atoms with Crippen LogP contribution in [0, 0.1) is 11.3 Å². The number of hydrogen-bond acceptors (Lipinski definition) is 8. The van der Waals surface area contributed by atoms with Crippen LogP contribution in [0.4, 0.5) is 11.5 Å². The summed E-state index contributed by atoms with van der Waals surface area (Å²) in [6.07, 6.45) is 5.52. The minimum absolute atomic E-state index is 0.172. The van der Waals surface area contributed by atoms with Crippen LogP contribution in [0.1, 0.15) is 23.2 Å². The summed E-state index contributed by atoms with van der Waals surface area (Å²) >= 11 is 0. The van der Waals surface area contributed by atoms with E-state index in [1.54, 1.807) is 25.4 Å². The lowest BCUT2D eigenvalue weighted by atomic mass is 9.98. The van der Waals surface area contributed by atoms with E-state index in [-0.39, 0.29) is 18.2 Å². The minimum atomic E-state index is 0.172. The molecule has 1 atom stereocenters. The van der Waals surface area contributed by atoms with Crippen LogP contribution in [0.3, 0.4) is 0 Å². The molecule has 8 nitrogen and oxygen atoms in total. The lowest BCUT2D eigenvalue weighted by molar-refractivity contribution is 0.238. The second kappa shape index (κ2) is 8.62. The number of nitrogens with two attached hydrogens (primary N) is 2. The van der Waals surface area contributed by atoms with E-state index in [0.29, 0.717) is 16.9 Å². The topological polar surface area (TPSA) is 138 Å². The van der Waals surface area contributed by atoms with Gasteiger partial charge in [-0.25, -0.2) is 9.97 Å². The van der Waals surface area contributed by atoms with Gasteiger partial charge in [-0.3, -0.25) is 10.4 Å². The Morgan fingerprint density at radius 1 is 1.39 bits per heavy atom. The van der Waals surface area contributed by atoms with Crippen molar-refractivity contribution in [1.82, 2.24) is 9.97 Å². The Morgan fingerprint density at radius 2 is 2.21 bits per heavy atom. The van der Waals surface area contributed by atoms with Crippen LogP contribution in [0.5, 0.6) is 0 Å². The molecule has 1 fully saturated rings. The molecule has 0 aliphatic carbocycles. The third kappa shape index (κ3) is 4.01. The molecule has 28 heavy (non-hydrogen) atoms. The highest BCUT2D eigenvalue weighted by Crippen LogP contribution is 2.25. The van der Waals surface area contributed by atoms with Crippen LogP contribution < -0.4 is 16.4 Å². The summed E-state index contributed by atoms with van der Waals surface area (Å²) in [4.78, 5) is 14.7. The summed E-state index contributed by atoms with van der Waals surface area (Å²) in [5.74, 6) is 1.01. The molecule has 2 aromatic rings. The number of hydrogen-bond donors (Lipinski definition) is 4. The molecule has 3 rings (SSSR count). The van der Waals surface area contributed by atoms with Gasteiger partial charge in [-0.2, -0.15) is 0 Å². The lowest BCUT2D eigenvalue weighted by Crippen LogP contribution is -2.22. The monoisotopic (exact) mass is 379 g/mol. The number of aromatic nitrogens is 2. The molecule has 8 heteroatoms. The van der Waals surface area contributed by atoms with E-state index >= 15 is 0 Å². The van der Waals surface area contributed by atoms with Gasteiger partial charge in [-0.05, 0) is 24.1 Å². The zero-order valence-electron chi connectivity index (χ0n) is 15.8. The Bertz CT molecular complexity index is 923. The molecule has 1 saturated heterocycles. The second-order valence-electron chi connectivity index (χ2n) is 6.73. The molecule has 146 valence electrons. The highest BCUT2D eigenvalue weighted by molar-refractivity contribution is 6.15. The second-order valence-corrected chi connectivity index (χ2v) is 6.73. The molecule has 1 aromatic carbocycles. The normalized spacial score (nSPS) is 17.4. The van der Waals surface area contributed by atoms with Crippen molar-refractivity contribution in [2.45, 2.75) is 6.42 Å². The molecule has 0 saturated carbocycles. The Kier molecular flexibility index (Phi) is 6.00. The summed E-state index contributed by atoms with van der Waals surface area (Å²) in [7, 11) is 1.67. The van der Waals surface area contributed by atoms with Gasteiger partial charge in [0.15, 0.2) is 0 Å². The van der Waals surface area contributed by atoms with Gasteiger partial charge in [0.2, 0.25) is 0 Å². The van der Waals surface area contributed by atoms with Crippen molar-refractivity contribution in [3.63, 3.8) is 0 Å². The standard InChI is InChI=1S/C20H25N7O/c1-24-9-15(8-21)14-2-3-17(22)16(6-14)20(23)18-7-19(26-12-25-18)27-5-4-13(10-27)11-28/h2-3,6-9,12-13,23,28H,4-5,10-11,21-22H2,1H3/t13-/m1/s1. The molecular formula is C20H25N7O. The Hall–Kier alpha value is -3.26. The van der Waals surface area contributed by atoms with Crippen molar-refractivity contribution in [1.29, 1.82) is 5.41 Å². The number of aliphatic imine (C=N–C) groups is 1. The number of nitrogens with zero attached hydrogens (tertiary/aromatic N) is 4. The van der Waals surface area contributed by atoms with Crippen molar-refractivity contribution >= 4 is 29.0 Å². The van der Waals surface area contributed by atoms with Crippen molar-refractivity contribution in [2.75, 3.05) is 37.4 Å². The predicted molar refractivity (Wildman–Crippen MR) is 113 cm³/mol. The van der Waals surface area contributed by atoms with E-state index in [9.17, 15) is 5.11 Å². The number of aliphatic hydroxyl groups excluding tert-OH is 1. The van der Waals surface area contributed by atoms with Crippen LogP contribution in [0.2, 0.25) is 0 Å². The maximum absolute atomic E-state index is 9.35. The van der Waals surface area contributed by atoms with Crippen molar-refractivity contribution in [3.8, 4) is 0 Å². The first kappa shape index (κ1) is 19.5. The Morgan fingerprint density at radius 3 is 2.89 bits per heavy atom. The predicted octanol–water partition coefficient (Wildman–Crippen LogP) is 1.29. The molecular weight excluding hydrogens is 354 g/mol. The fourth-order valence-corrected chi connectivity index (χ4v) is 3.29. The van der Waals surface area contributed by atoms with Crippen LogP contribution in [-0.4, -0.2) is 53.7 Å². The average molecular weight is 379 g/mol. The van der Waals surface area contributed by atoms with Gasteiger partial charge in [-0.1, -0.05) is 6.07 Å². The average Bonchev–Trinajstić information content (AvgIpc) is 3.21. The quantitative estimate of drug-likeness (QED) is 0.441. The van der Waals surface area contributed by atoms with Gasteiger partial charge in [0, 0.05) is 68.0 Å². The Balaban J connectivity index is 1.91. The van der Waals surface area contributed by atoms with Gasteiger partial charge < -0.3 is 21.5 Å². The number of benzene rings is 1. The van der Waals surface area contributed by atoms with Gasteiger partial charge in [0.25, 0.3) is 0 Å². The van der Waals surface area contributed by atoms with Crippen LogP contribution in [0.15, 0.2) is 41.8 Å².